The summed E-state index contributed by atoms with van der Waals surface area (Å²) in [6.45, 7) is 11.9. The third-order valence-corrected chi connectivity index (χ3v) is 6.56. The lowest BCUT2D eigenvalue weighted by Gasteiger charge is -2.46. The van der Waals surface area contributed by atoms with Gasteiger partial charge in [0.25, 0.3) is 0 Å². The summed E-state index contributed by atoms with van der Waals surface area (Å²) in [6, 6.07) is 11.2. The van der Waals surface area contributed by atoms with E-state index in [1.807, 2.05) is 29.2 Å². The molecule has 2 atom stereocenters. The van der Waals surface area contributed by atoms with Crippen LogP contribution in [0, 0.1) is 19.3 Å². The Morgan fingerprint density at radius 3 is 2.76 bits per heavy atom. The molecule has 3 aromatic rings. The smallest absolute Gasteiger partial charge is 0.227 e. The first-order chi connectivity index (χ1) is 16.5. The van der Waals surface area contributed by atoms with Crippen molar-refractivity contribution in [3.63, 3.8) is 0 Å². The number of aromatic nitrogens is 4. The molecule has 3 heterocycles. The van der Waals surface area contributed by atoms with E-state index in [9.17, 15) is 9.18 Å². The zero-order valence-corrected chi connectivity index (χ0v) is 18.8. The number of amides is 1. The maximum Gasteiger partial charge on any atom is 0.227 e. The molecule has 1 amide bonds. The van der Waals surface area contributed by atoms with Crippen molar-refractivity contribution in [3.05, 3.63) is 76.7 Å². The molecule has 2 aliphatic heterocycles. The van der Waals surface area contributed by atoms with Crippen molar-refractivity contribution >= 4 is 11.6 Å². The highest BCUT2D eigenvalue weighted by Gasteiger charge is 2.36. The van der Waals surface area contributed by atoms with Crippen molar-refractivity contribution in [2.45, 2.75) is 25.5 Å². The van der Waals surface area contributed by atoms with E-state index < -0.39 is 11.9 Å². The first-order valence-corrected chi connectivity index (χ1v) is 11.2. The number of aryl methyl sites for hydroxylation is 1. The number of benzene rings is 2. The van der Waals surface area contributed by atoms with Crippen LogP contribution >= 0.6 is 0 Å². The van der Waals surface area contributed by atoms with E-state index >= 15 is 0 Å². The number of piperazine rings is 1. The van der Waals surface area contributed by atoms with Crippen LogP contribution in [0.25, 0.3) is 10.5 Å². The fourth-order valence-electron chi connectivity index (χ4n) is 4.59. The number of nitrogens with zero attached hydrogens (tertiary/aromatic N) is 7. The molecule has 174 valence electrons. The number of ether oxygens (including phenoxy) is 1. The molecule has 5 rings (SSSR count). The third kappa shape index (κ3) is 4.27. The van der Waals surface area contributed by atoms with Gasteiger partial charge in [-0.25, -0.2) is 13.9 Å². The summed E-state index contributed by atoms with van der Waals surface area (Å²) in [5.74, 6) is -0.415. The molecule has 2 aromatic carbocycles. The first kappa shape index (κ1) is 22.1. The van der Waals surface area contributed by atoms with Crippen LogP contribution in [-0.2, 0) is 16.0 Å². The van der Waals surface area contributed by atoms with E-state index in [0.29, 0.717) is 50.3 Å². The number of carbonyl (C=O) groups is 1. The van der Waals surface area contributed by atoms with E-state index in [1.165, 1.54) is 6.33 Å². The SMILES string of the molecule is [C-]#[N+]c1c(C)ccc([C@@H]2CN3CCN(C(=O)Cc4ccc(-n5cnnn5)cc4)C[C@H]3CO2)c1F. The summed E-state index contributed by atoms with van der Waals surface area (Å²) in [6.07, 6.45) is 1.42. The predicted molar refractivity (Wildman–Crippen MR) is 121 cm³/mol. The molecule has 2 aliphatic rings. The zero-order chi connectivity index (χ0) is 23.7. The van der Waals surface area contributed by atoms with Gasteiger partial charge in [0.2, 0.25) is 11.6 Å². The molecular formula is C24H24FN7O2. The van der Waals surface area contributed by atoms with Crippen LogP contribution in [0.5, 0.6) is 0 Å². The van der Waals surface area contributed by atoms with Gasteiger partial charge in [0.1, 0.15) is 12.1 Å². The summed E-state index contributed by atoms with van der Waals surface area (Å²) < 4.78 is 22.4. The second-order valence-corrected chi connectivity index (χ2v) is 8.65. The van der Waals surface area contributed by atoms with E-state index in [2.05, 4.69) is 25.3 Å². The van der Waals surface area contributed by atoms with Crippen LogP contribution in [0.4, 0.5) is 10.1 Å². The molecule has 0 bridgehead atoms. The van der Waals surface area contributed by atoms with Crippen LogP contribution in [0.15, 0.2) is 42.7 Å². The number of tetrazole rings is 1. The molecule has 0 unspecified atom stereocenters. The summed E-state index contributed by atoms with van der Waals surface area (Å²) in [7, 11) is 0. The van der Waals surface area contributed by atoms with Gasteiger partial charge in [-0.05, 0) is 40.6 Å². The van der Waals surface area contributed by atoms with Gasteiger partial charge < -0.3 is 9.64 Å². The molecule has 2 fully saturated rings. The van der Waals surface area contributed by atoms with E-state index in [1.54, 1.807) is 23.7 Å². The van der Waals surface area contributed by atoms with E-state index in [-0.39, 0.29) is 17.6 Å². The molecule has 1 aromatic heterocycles. The Morgan fingerprint density at radius 1 is 1.21 bits per heavy atom. The molecule has 2 saturated heterocycles. The highest BCUT2D eigenvalue weighted by Crippen LogP contribution is 2.34. The lowest BCUT2D eigenvalue weighted by molar-refractivity contribution is -0.139. The van der Waals surface area contributed by atoms with Crippen LogP contribution in [0.3, 0.4) is 0 Å². The standard InChI is InChI=1S/C24H24FN7O2/c1-16-3-8-20(23(25)24(16)26-2)21-13-30-9-10-31(12-19(30)14-34-21)22(33)11-17-4-6-18(7-5-17)32-15-27-28-29-32/h3-8,15,19,21H,9-14H2,1H3/t19-,21-/m0/s1. The molecular weight excluding hydrogens is 437 g/mol. The summed E-state index contributed by atoms with van der Waals surface area (Å²) in [5.41, 5.74) is 2.87. The summed E-state index contributed by atoms with van der Waals surface area (Å²) in [5, 5.41) is 11.1. The van der Waals surface area contributed by atoms with Gasteiger partial charge in [-0.2, -0.15) is 0 Å². The fourth-order valence-corrected chi connectivity index (χ4v) is 4.59. The van der Waals surface area contributed by atoms with Gasteiger partial charge >= 0.3 is 0 Å². The number of hydrogen-bond acceptors (Lipinski definition) is 6. The highest BCUT2D eigenvalue weighted by atomic mass is 19.1. The molecule has 0 saturated carbocycles. The van der Waals surface area contributed by atoms with Crippen molar-refractivity contribution < 1.29 is 13.9 Å². The molecule has 0 N–H and O–H groups in total. The minimum Gasteiger partial charge on any atom is -0.370 e. The van der Waals surface area contributed by atoms with Gasteiger partial charge in [-0.15, -0.1) is 5.10 Å². The van der Waals surface area contributed by atoms with Crippen molar-refractivity contribution in [3.8, 4) is 5.69 Å². The van der Waals surface area contributed by atoms with Crippen molar-refractivity contribution in [2.75, 3.05) is 32.8 Å². The fraction of sp³-hybridized carbons (Fsp3) is 0.375. The number of fused-ring (bicyclic) bond motifs is 1. The molecule has 0 spiro atoms. The van der Waals surface area contributed by atoms with Crippen LogP contribution in [0.1, 0.15) is 22.8 Å². The number of morpholine rings is 1. The number of hydrogen-bond donors (Lipinski definition) is 0. The highest BCUT2D eigenvalue weighted by molar-refractivity contribution is 5.79. The lowest BCUT2D eigenvalue weighted by atomic mass is 10.0. The number of carbonyl (C=O) groups excluding carboxylic acids is 1. The minimum atomic E-state index is -0.488. The van der Waals surface area contributed by atoms with E-state index in [0.717, 1.165) is 11.3 Å². The zero-order valence-electron chi connectivity index (χ0n) is 18.8. The first-order valence-electron chi connectivity index (χ1n) is 11.2. The Morgan fingerprint density at radius 2 is 2.03 bits per heavy atom. The Hall–Kier alpha value is -3.68. The average Bonchev–Trinajstić information content (AvgIpc) is 3.39. The molecule has 10 heteroatoms. The van der Waals surface area contributed by atoms with Crippen LogP contribution in [-0.4, -0.2) is 74.7 Å². The number of halogens is 1. The predicted octanol–water partition coefficient (Wildman–Crippen LogP) is 2.49. The van der Waals surface area contributed by atoms with Gasteiger partial charge in [-0.3, -0.25) is 9.69 Å². The minimum absolute atomic E-state index is 0.0598. The topological polar surface area (TPSA) is 80.7 Å². The van der Waals surface area contributed by atoms with Crippen LogP contribution < -0.4 is 0 Å². The maximum atomic E-state index is 14.8. The van der Waals surface area contributed by atoms with Gasteiger partial charge in [0.05, 0.1) is 37.4 Å². The Balaban J connectivity index is 1.19. The monoisotopic (exact) mass is 461 g/mol. The largest absolute Gasteiger partial charge is 0.370 e. The summed E-state index contributed by atoms with van der Waals surface area (Å²) >= 11 is 0. The van der Waals surface area contributed by atoms with Crippen molar-refractivity contribution in [2.24, 2.45) is 0 Å². The van der Waals surface area contributed by atoms with Crippen molar-refractivity contribution in [1.82, 2.24) is 30.0 Å². The second kappa shape index (κ2) is 9.29. The normalized spacial score (nSPS) is 20.6. The second-order valence-electron chi connectivity index (χ2n) is 8.65. The van der Waals surface area contributed by atoms with Crippen LogP contribution in [0.2, 0.25) is 0 Å². The van der Waals surface area contributed by atoms with Gasteiger partial charge in [0.15, 0.2) is 0 Å². The molecule has 9 nitrogen and oxygen atoms in total. The van der Waals surface area contributed by atoms with E-state index in [4.69, 9.17) is 11.3 Å². The van der Waals surface area contributed by atoms with Gasteiger partial charge in [0, 0.05) is 31.7 Å². The molecule has 0 radical (unpaired) electrons. The Labute approximate surface area is 196 Å². The van der Waals surface area contributed by atoms with Gasteiger partial charge in [-0.1, -0.05) is 24.3 Å². The maximum absolute atomic E-state index is 14.8. The average molecular weight is 462 g/mol. The Kier molecular flexibility index (Phi) is 6.04. The Bertz CT molecular complexity index is 1220. The number of rotatable bonds is 4. The molecule has 34 heavy (non-hydrogen) atoms. The molecule has 0 aliphatic carbocycles. The summed E-state index contributed by atoms with van der Waals surface area (Å²) in [4.78, 5) is 20.4. The third-order valence-electron chi connectivity index (χ3n) is 6.56. The van der Waals surface area contributed by atoms with Crippen molar-refractivity contribution in [1.29, 1.82) is 0 Å². The lowest BCUT2D eigenvalue weighted by Crippen LogP contribution is -2.59. The quantitative estimate of drug-likeness (QED) is 0.556.